The maximum Gasteiger partial charge on any atom is 0.161 e. The minimum absolute atomic E-state index is 0.215. The molecule has 2 heterocycles. The van der Waals surface area contributed by atoms with Crippen LogP contribution in [0.1, 0.15) is 23.8 Å². The molecule has 1 atom stereocenters. The van der Waals surface area contributed by atoms with Crippen LogP contribution in [0.4, 0.5) is 0 Å². The minimum atomic E-state index is -0.215. The fourth-order valence-corrected chi connectivity index (χ4v) is 2.37. The van der Waals surface area contributed by atoms with Gasteiger partial charge in [-0.25, -0.2) is 4.98 Å². The van der Waals surface area contributed by atoms with Crippen molar-refractivity contribution in [1.82, 2.24) is 4.98 Å². The van der Waals surface area contributed by atoms with Crippen LogP contribution in [0.3, 0.4) is 0 Å². The van der Waals surface area contributed by atoms with E-state index in [1.807, 2.05) is 17.5 Å². The molecule has 1 N–H and O–H groups in total. The summed E-state index contributed by atoms with van der Waals surface area (Å²) >= 11 is 1.53. The Morgan fingerprint density at radius 3 is 3.00 bits per heavy atom. The fourth-order valence-electron chi connectivity index (χ4n) is 1.81. The summed E-state index contributed by atoms with van der Waals surface area (Å²) < 4.78 is 0. The van der Waals surface area contributed by atoms with Crippen molar-refractivity contribution in [3.8, 4) is 5.75 Å². The Bertz CT molecular complexity index is 551. The summed E-state index contributed by atoms with van der Waals surface area (Å²) in [4.78, 5) is 9.54. The zero-order valence-electron chi connectivity index (χ0n) is 8.91. The van der Waals surface area contributed by atoms with Gasteiger partial charge in [0.2, 0.25) is 0 Å². The SMILES string of the molecule is Oc1ccccc1C1CC(c2cscn2)=NO1. The molecule has 0 radical (unpaired) electrons. The first-order valence-corrected chi connectivity index (χ1v) is 6.18. The van der Waals surface area contributed by atoms with Crippen LogP contribution >= 0.6 is 11.3 Å². The van der Waals surface area contributed by atoms with E-state index in [1.165, 1.54) is 11.3 Å². The van der Waals surface area contributed by atoms with E-state index >= 15 is 0 Å². The normalized spacial score (nSPS) is 18.8. The van der Waals surface area contributed by atoms with Gasteiger partial charge < -0.3 is 9.94 Å². The van der Waals surface area contributed by atoms with E-state index in [1.54, 1.807) is 17.6 Å². The molecule has 3 rings (SSSR count). The Morgan fingerprint density at radius 2 is 2.24 bits per heavy atom. The molecule has 1 aliphatic rings. The van der Waals surface area contributed by atoms with Gasteiger partial charge in [0, 0.05) is 17.4 Å². The van der Waals surface area contributed by atoms with Gasteiger partial charge in [-0.05, 0) is 6.07 Å². The number of hydrogen-bond donors (Lipinski definition) is 1. The first-order chi connectivity index (χ1) is 8.34. The quantitative estimate of drug-likeness (QED) is 0.886. The van der Waals surface area contributed by atoms with Crippen molar-refractivity contribution in [3.63, 3.8) is 0 Å². The number of phenols is 1. The molecule has 1 aromatic heterocycles. The maximum absolute atomic E-state index is 9.74. The van der Waals surface area contributed by atoms with Gasteiger partial charge in [-0.2, -0.15) is 0 Å². The highest BCUT2D eigenvalue weighted by Crippen LogP contribution is 2.34. The Hall–Kier alpha value is -1.88. The molecule has 86 valence electrons. The summed E-state index contributed by atoms with van der Waals surface area (Å²) in [5.74, 6) is 0.243. The molecule has 0 amide bonds. The Balaban J connectivity index is 1.81. The van der Waals surface area contributed by atoms with E-state index in [0.717, 1.165) is 17.0 Å². The molecule has 0 spiro atoms. The number of oxime groups is 1. The van der Waals surface area contributed by atoms with Crippen molar-refractivity contribution in [2.24, 2.45) is 5.16 Å². The maximum atomic E-state index is 9.74. The molecular formula is C12H10N2O2S. The number of phenolic OH excluding ortho intramolecular Hbond substituents is 1. The van der Waals surface area contributed by atoms with Crippen molar-refractivity contribution >= 4 is 17.0 Å². The predicted molar refractivity (Wildman–Crippen MR) is 65.2 cm³/mol. The lowest BCUT2D eigenvalue weighted by atomic mass is 10.0. The van der Waals surface area contributed by atoms with Crippen LogP contribution in [-0.4, -0.2) is 15.8 Å². The van der Waals surface area contributed by atoms with Crippen LogP contribution in [0.25, 0.3) is 0 Å². The summed E-state index contributed by atoms with van der Waals surface area (Å²) in [6, 6.07) is 7.16. The predicted octanol–water partition coefficient (Wildman–Crippen LogP) is 2.71. The van der Waals surface area contributed by atoms with Crippen LogP contribution in [-0.2, 0) is 4.84 Å². The molecule has 0 saturated carbocycles. The van der Waals surface area contributed by atoms with E-state index in [0.29, 0.717) is 6.42 Å². The molecule has 0 fully saturated rings. The zero-order chi connectivity index (χ0) is 11.7. The summed E-state index contributed by atoms with van der Waals surface area (Å²) in [5.41, 5.74) is 4.22. The molecule has 1 aromatic carbocycles. The lowest BCUT2D eigenvalue weighted by Crippen LogP contribution is -2.01. The van der Waals surface area contributed by atoms with Gasteiger partial charge in [-0.1, -0.05) is 23.4 Å². The van der Waals surface area contributed by atoms with Gasteiger partial charge in [-0.15, -0.1) is 11.3 Å². The highest BCUT2D eigenvalue weighted by molar-refractivity contribution is 7.07. The Kier molecular flexibility index (Phi) is 2.53. The number of benzene rings is 1. The Morgan fingerprint density at radius 1 is 1.35 bits per heavy atom. The second-order valence-corrected chi connectivity index (χ2v) is 4.49. The molecule has 4 nitrogen and oxygen atoms in total. The third-order valence-electron chi connectivity index (χ3n) is 2.68. The van der Waals surface area contributed by atoms with Gasteiger partial charge in [-0.3, -0.25) is 0 Å². The van der Waals surface area contributed by atoms with Crippen LogP contribution in [0.15, 0.2) is 40.3 Å². The molecule has 0 bridgehead atoms. The third kappa shape index (κ3) is 1.89. The first kappa shape index (κ1) is 10.3. The van der Waals surface area contributed by atoms with Gasteiger partial charge in [0.25, 0.3) is 0 Å². The lowest BCUT2D eigenvalue weighted by Gasteiger charge is -2.09. The van der Waals surface area contributed by atoms with E-state index in [2.05, 4.69) is 10.1 Å². The molecule has 17 heavy (non-hydrogen) atoms. The largest absolute Gasteiger partial charge is 0.508 e. The average molecular weight is 246 g/mol. The molecule has 1 aliphatic heterocycles. The molecule has 0 aliphatic carbocycles. The van der Waals surface area contributed by atoms with E-state index < -0.39 is 0 Å². The van der Waals surface area contributed by atoms with Crippen LogP contribution in [0.5, 0.6) is 5.75 Å². The summed E-state index contributed by atoms with van der Waals surface area (Å²) in [6.45, 7) is 0. The molecule has 2 aromatic rings. The number of para-hydroxylation sites is 1. The van der Waals surface area contributed by atoms with Gasteiger partial charge in [0.05, 0.1) is 11.2 Å². The van der Waals surface area contributed by atoms with Crippen LogP contribution < -0.4 is 0 Å². The van der Waals surface area contributed by atoms with Gasteiger partial charge in [0.15, 0.2) is 6.10 Å². The van der Waals surface area contributed by atoms with Crippen molar-refractivity contribution in [3.05, 3.63) is 46.4 Å². The summed E-state index contributed by atoms with van der Waals surface area (Å²) in [5, 5.41) is 15.7. The van der Waals surface area contributed by atoms with Gasteiger partial charge in [0.1, 0.15) is 11.5 Å². The lowest BCUT2D eigenvalue weighted by molar-refractivity contribution is 0.0838. The molecular weight excluding hydrogens is 236 g/mol. The van der Waals surface area contributed by atoms with Crippen molar-refractivity contribution < 1.29 is 9.94 Å². The second kappa shape index (κ2) is 4.18. The standard InChI is InChI=1S/C12H10N2O2S/c15-11-4-2-1-3-8(11)12-5-9(14-16-12)10-6-17-7-13-10/h1-4,6-7,12,15H,5H2. The highest BCUT2D eigenvalue weighted by Gasteiger charge is 2.26. The number of aromatic nitrogens is 1. The highest BCUT2D eigenvalue weighted by atomic mass is 32.1. The minimum Gasteiger partial charge on any atom is -0.508 e. The van der Waals surface area contributed by atoms with Crippen molar-refractivity contribution in [1.29, 1.82) is 0 Å². The number of aromatic hydroxyl groups is 1. The summed E-state index contributed by atoms with van der Waals surface area (Å²) in [6.07, 6.45) is 0.425. The second-order valence-electron chi connectivity index (χ2n) is 3.77. The average Bonchev–Trinajstić information content (AvgIpc) is 3.00. The molecule has 5 heteroatoms. The zero-order valence-corrected chi connectivity index (χ0v) is 9.72. The van der Waals surface area contributed by atoms with Crippen LogP contribution in [0, 0.1) is 0 Å². The smallest absolute Gasteiger partial charge is 0.161 e. The number of hydrogen-bond acceptors (Lipinski definition) is 5. The first-order valence-electron chi connectivity index (χ1n) is 5.24. The van der Waals surface area contributed by atoms with Gasteiger partial charge >= 0.3 is 0 Å². The van der Waals surface area contributed by atoms with Crippen LogP contribution in [0.2, 0.25) is 0 Å². The fraction of sp³-hybridized carbons (Fsp3) is 0.167. The topological polar surface area (TPSA) is 54.7 Å². The Labute approximate surface area is 102 Å². The molecule has 1 unspecified atom stereocenters. The monoisotopic (exact) mass is 246 g/mol. The summed E-state index contributed by atoms with van der Waals surface area (Å²) in [7, 11) is 0. The number of rotatable bonds is 2. The molecule has 0 saturated heterocycles. The van der Waals surface area contributed by atoms with E-state index in [9.17, 15) is 5.11 Å². The van der Waals surface area contributed by atoms with E-state index in [-0.39, 0.29) is 11.9 Å². The van der Waals surface area contributed by atoms with Crippen molar-refractivity contribution in [2.45, 2.75) is 12.5 Å². The number of thiazole rings is 1. The van der Waals surface area contributed by atoms with E-state index in [4.69, 9.17) is 4.84 Å². The number of nitrogens with zero attached hydrogens (tertiary/aromatic N) is 2. The third-order valence-corrected chi connectivity index (χ3v) is 3.27. The van der Waals surface area contributed by atoms with Crippen molar-refractivity contribution in [2.75, 3.05) is 0 Å².